The molecule has 0 saturated carbocycles. The quantitative estimate of drug-likeness (QED) is 0.839. The van der Waals surface area contributed by atoms with Crippen molar-refractivity contribution in [2.75, 3.05) is 13.7 Å². The highest BCUT2D eigenvalue weighted by molar-refractivity contribution is 6.42. The van der Waals surface area contributed by atoms with Gasteiger partial charge in [-0.25, -0.2) is 0 Å². The van der Waals surface area contributed by atoms with E-state index in [4.69, 9.17) is 23.2 Å². The molecule has 0 amide bonds. The van der Waals surface area contributed by atoms with Crippen LogP contribution >= 0.6 is 23.2 Å². The number of hydrogen-bond donors (Lipinski definition) is 1. The van der Waals surface area contributed by atoms with Crippen molar-refractivity contribution in [1.29, 1.82) is 0 Å². The summed E-state index contributed by atoms with van der Waals surface area (Å²) in [6.45, 7) is 2.20. The molecule has 17 heavy (non-hydrogen) atoms. The Morgan fingerprint density at radius 2 is 2.12 bits per heavy atom. The number of esters is 1. The second-order valence-corrected chi connectivity index (χ2v) is 4.41. The second-order valence-electron chi connectivity index (χ2n) is 3.59. The third kappa shape index (κ3) is 4.19. The third-order valence-electron chi connectivity index (χ3n) is 2.47. The van der Waals surface area contributed by atoms with Gasteiger partial charge in [0.1, 0.15) is 0 Å². The fourth-order valence-corrected chi connectivity index (χ4v) is 1.81. The van der Waals surface area contributed by atoms with E-state index < -0.39 is 0 Å². The predicted octanol–water partition coefficient (Wildman–Crippen LogP) is 3.21. The zero-order valence-corrected chi connectivity index (χ0v) is 11.3. The first-order valence-corrected chi connectivity index (χ1v) is 6.09. The summed E-state index contributed by atoms with van der Waals surface area (Å²) in [6, 6.07) is 5.51. The molecular formula is C12H15Cl2NO2. The lowest BCUT2D eigenvalue weighted by Gasteiger charge is -2.17. The molecule has 1 aromatic rings. The van der Waals surface area contributed by atoms with Crippen LogP contribution in [-0.4, -0.2) is 19.6 Å². The Bertz CT molecular complexity index is 396. The number of halogens is 2. The lowest BCUT2D eigenvalue weighted by molar-refractivity contribution is -0.139. The van der Waals surface area contributed by atoms with Gasteiger partial charge in [-0.1, -0.05) is 36.2 Å². The molecule has 0 saturated heterocycles. The van der Waals surface area contributed by atoms with E-state index in [1.165, 1.54) is 7.11 Å². The van der Waals surface area contributed by atoms with Gasteiger partial charge >= 0.3 is 5.97 Å². The molecule has 0 heterocycles. The third-order valence-corrected chi connectivity index (χ3v) is 3.21. The molecule has 0 aromatic heterocycles. The number of rotatable bonds is 5. The molecule has 5 heteroatoms. The Morgan fingerprint density at radius 1 is 1.41 bits per heavy atom. The maximum Gasteiger partial charge on any atom is 0.319 e. The average Bonchev–Trinajstić information content (AvgIpc) is 2.33. The molecule has 1 rings (SSSR count). The average molecular weight is 276 g/mol. The van der Waals surface area contributed by atoms with Crippen LogP contribution in [0.1, 0.15) is 24.9 Å². The van der Waals surface area contributed by atoms with Crippen LogP contribution in [0.15, 0.2) is 18.2 Å². The number of hydrogen-bond acceptors (Lipinski definition) is 3. The highest BCUT2D eigenvalue weighted by atomic mass is 35.5. The number of ether oxygens (including phenoxy) is 1. The molecule has 0 aliphatic rings. The minimum Gasteiger partial charge on any atom is -0.468 e. The Labute approximate surface area is 111 Å². The lowest BCUT2D eigenvalue weighted by Crippen LogP contribution is -2.28. The van der Waals surface area contributed by atoms with Crippen molar-refractivity contribution in [3.05, 3.63) is 33.8 Å². The van der Waals surface area contributed by atoms with E-state index in [2.05, 4.69) is 10.1 Å². The molecule has 0 unspecified atom stereocenters. The molecule has 1 atom stereocenters. The summed E-state index contributed by atoms with van der Waals surface area (Å²) < 4.78 is 4.58. The van der Waals surface area contributed by atoms with Gasteiger partial charge in [-0.05, 0) is 24.1 Å². The fraction of sp³-hybridized carbons (Fsp3) is 0.417. The van der Waals surface area contributed by atoms with Gasteiger partial charge in [-0.3, -0.25) is 4.79 Å². The molecule has 1 aromatic carbocycles. The van der Waals surface area contributed by atoms with Gasteiger partial charge in [0.25, 0.3) is 0 Å². The van der Waals surface area contributed by atoms with Crippen LogP contribution < -0.4 is 5.32 Å². The zero-order chi connectivity index (χ0) is 12.8. The Hall–Kier alpha value is -0.770. The smallest absolute Gasteiger partial charge is 0.319 e. The van der Waals surface area contributed by atoms with Crippen molar-refractivity contribution < 1.29 is 9.53 Å². The number of nitrogens with one attached hydrogen (secondary N) is 1. The first kappa shape index (κ1) is 14.3. The van der Waals surface area contributed by atoms with Crippen molar-refractivity contribution in [2.24, 2.45) is 0 Å². The summed E-state index contributed by atoms with van der Waals surface area (Å²) in [4.78, 5) is 11.1. The van der Waals surface area contributed by atoms with Gasteiger partial charge in [-0.15, -0.1) is 0 Å². The molecule has 0 aliphatic carbocycles. The van der Waals surface area contributed by atoms with E-state index >= 15 is 0 Å². The van der Waals surface area contributed by atoms with Gasteiger partial charge in [0, 0.05) is 6.04 Å². The van der Waals surface area contributed by atoms with Gasteiger partial charge in [0.15, 0.2) is 0 Å². The topological polar surface area (TPSA) is 38.3 Å². The molecule has 0 aliphatic heterocycles. The monoisotopic (exact) mass is 275 g/mol. The highest BCUT2D eigenvalue weighted by Crippen LogP contribution is 2.26. The summed E-state index contributed by atoms with van der Waals surface area (Å²) in [6.07, 6.45) is 0.842. The SMILES string of the molecule is CC[C@@H](NCC(=O)OC)c1ccc(Cl)c(Cl)c1. The minimum atomic E-state index is -0.288. The van der Waals surface area contributed by atoms with E-state index in [1.54, 1.807) is 6.07 Å². The lowest BCUT2D eigenvalue weighted by atomic mass is 10.0. The molecule has 0 spiro atoms. The number of carbonyl (C=O) groups is 1. The summed E-state index contributed by atoms with van der Waals surface area (Å²) in [5, 5.41) is 4.15. The Morgan fingerprint density at radius 3 is 2.65 bits per heavy atom. The Balaban J connectivity index is 2.72. The summed E-state index contributed by atoms with van der Waals surface area (Å²) in [5.41, 5.74) is 1.01. The van der Waals surface area contributed by atoms with E-state index in [0.29, 0.717) is 10.0 Å². The van der Waals surface area contributed by atoms with Gasteiger partial charge < -0.3 is 10.1 Å². The molecule has 0 radical (unpaired) electrons. The minimum absolute atomic E-state index is 0.0591. The first-order chi connectivity index (χ1) is 8.08. The molecule has 0 fully saturated rings. The van der Waals surface area contributed by atoms with Gasteiger partial charge in [0.05, 0.1) is 23.7 Å². The van der Waals surface area contributed by atoms with E-state index in [-0.39, 0.29) is 18.6 Å². The highest BCUT2D eigenvalue weighted by Gasteiger charge is 2.12. The van der Waals surface area contributed by atoms with Crippen LogP contribution in [0, 0.1) is 0 Å². The first-order valence-electron chi connectivity index (χ1n) is 5.33. The van der Waals surface area contributed by atoms with Crippen LogP contribution in [0.4, 0.5) is 0 Å². The van der Waals surface area contributed by atoms with Crippen molar-refractivity contribution in [2.45, 2.75) is 19.4 Å². The maximum absolute atomic E-state index is 11.1. The molecule has 1 N–H and O–H groups in total. The van der Waals surface area contributed by atoms with E-state index in [0.717, 1.165) is 12.0 Å². The molecule has 0 bridgehead atoms. The van der Waals surface area contributed by atoms with E-state index in [1.807, 2.05) is 19.1 Å². The van der Waals surface area contributed by atoms with Gasteiger partial charge in [-0.2, -0.15) is 0 Å². The standard InChI is InChI=1S/C12H15Cl2NO2/c1-3-11(15-7-12(16)17-2)8-4-5-9(13)10(14)6-8/h4-6,11,15H,3,7H2,1-2H3/t11-/m1/s1. The summed E-state index contributed by atoms with van der Waals surface area (Å²) in [7, 11) is 1.37. The summed E-state index contributed by atoms with van der Waals surface area (Å²) >= 11 is 11.8. The van der Waals surface area contributed by atoms with Crippen LogP contribution in [-0.2, 0) is 9.53 Å². The Kier molecular flexibility index (Phi) is 5.75. The largest absolute Gasteiger partial charge is 0.468 e. The number of carbonyl (C=O) groups excluding carboxylic acids is 1. The fourth-order valence-electron chi connectivity index (χ4n) is 1.51. The van der Waals surface area contributed by atoms with Gasteiger partial charge in [0.2, 0.25) is 0 Å². The maximum atomic E-state index is 11.1. The molecule has 3 nitrogen and oxygen atoms in total. The van der Waals surface area contributed by atoms with Crippen molar-refractivity contribution >= 4 is 29.2 Å². The normalized spacial score (nSPS) is 12.2. The van der Waals surface area contributed by atoms with Crippen molar-refractivity contribution in [3.8, 4) is 0 Å². The van der Waals surface area contributed by atoms with Crippen LogP contribution in [0.3, 0.4) is 0 Å². The van der Waals surface area contributed by atoms with Crippen LogP contribution in [0.5, 0.6) is 0 Å². The summed E-state index contributed by atoms with van der Waals surface area (Å²) in [5.74, 6) is -0.288. The number of methoxy groups -OCH3 is 1. The molecule has 94 valence electrons. The predicted molar refractivity (Wildman–Crippen MR) is 69.5 cm³/mol. The van der Waals surface area contributed by atoms with E-state index in [9.17, 15) is 4.79 Å². The molecular weight excluding hydrogens is 261 g/mol. The number of benzene rings is 1. The van der Waals surface area contributed by atoms with Crippen molar-refractivity contribution in [3.63, 3.8) is 0 Å². The second kappa shape index (κ2) is 6.84. The van der Waals surface area contributed by atoms with Crippen LogP contribution in [0.2, 0.25) is 10.0 Å². The van der Waals surface area contributed by atoms with Crippen molar-refractivity contribution in [1.82, 2.24) is 5.32 Å². The zero-order valence-electron chi connectivity index (χ0n) is 9.80. The van der Waals surface area contributed by atoms with Crippen LogP contribution in [0.25, 0.3) is 0 Å².